The van der Waals surface area contributed by atoms with Crippen LogP contribution in [0.1, 0.15) is 31.9 Å². The fourth-order valence-corrected chi connectivity index (χ4v) is 1.94. The van der Waals surface area contributed by atoms with E-state index in [4.69, 9.17) is 17.3 Å². The number of halogens is 1. The Labute approximate surface area is 108 Å². The second-order valence-electron chi connectivity index (χ2n) is 4.16. The molecule has 1 aromatic carbocycles. The van der Waals surface area contributed by atoms with Gasteiger partial charge in [0.05, 0.1) is 12.1 Å². The highest BCUT2D eigenvalue weighted by molar-refractivity contribution is 6.31. The Kier molecular flexibility index (Phi) is 4.97. The molecule has 2 atom stereocenters. The van der Waals surface area contributed by atoms with Crippen molar-refractivity contribution in [2.45, 2.75) is 32.4 Å². The summed E-state index contributed by atoms with van der Waals surface area (Å²) in [6.45, 7) is 3.85. The smallest absolute Gasteiger partial charge is 0.239 e. The number of rotatable bonds is 4. The van der Waals surface area contributed by atoms with Gasteiger partial charge in [0.15, 0.2) is 0 Å². The quantitative estimate of drug-likeness (QED) is 0.898. The number of nitrogens with two attached hydrogens (primary N) is 1. The third kappa shape index (κ3) is 3.20. The molecular weight excluding hydrogens is 236 g/mol. The van der Waals surface area contributed by atoms with E-state index in [1.165, 1.54) is 0 Å². The van der Waals surface area contributed by atoms with Gasteiger partial charge < -0.3 is 10.6 Å². The topological polar surface area (TPSA) is 46.3 Å². The summed E-state index contributed by atoms with van der Waals surface area (Å²) < 4.78 is 0. The summed E-state index contributed by atoms with van der Waals surface area (Å²) in [5, 5.41) is 0.671. The Morgan fingerprint density at radius 3 is 2.59 bits per heavy atom. The van der Waals surface area contributed by atoms with Crippen molar-refractivity contribution in [1.29, 1.82) is 0 Å². The van der Waals surface area contributed by atoms with Crippen molar-refractivity contribution in [1.82, 2.24) is 4.90 Å². The van der Waals surface area contributed by atoms with Crippen LogP contribution in [0.3, 0.4) is 0 Å². The molecule has 0 aromatic heterocycles. The fraction of sp³-hybridized carbons (Fsp3) is 0.462. The van der Waals surface area contributed by atoms with Gasteiger partial charge in [0, 0.05) is 12.1 Å². The van der Waals surface area contributed by atoms with Gasteiger partial charge in [-0.3, -0.25) is 4.79 Å². The molecule has 1 aromatic rings. The van der Waals surface area contributed by atoms with E-state index in [0.29, 0.717) is 11.4 Å². The number of benzene rings is 1. The van der Waals surface area contributed by atoms with Crippen LogP contribution in [0.25, 0.3) is 0 Å². The molecule has 0 bridgehead atoms. The van der Waals surface area contributed by atoms with Crippen LogP contribution < -0.4 is 5.73 Å². The first-order valence-electron chi connectivity index (χ1n) is 5.75. The average molecular weight is 255 g/mol. The minimum atomic E-state index is -0.440. The Morgan fingerprint density at radius 1 is 1.47 bits per heavy atom. The highest BCUT2D eigenvalue weighted by Crippen LogP contribution is 2.26. The standard InChI is InChI=1S/C13H19ClN2O/c1-4-12(15)13(17)16(3)9(2)10-7-5-6-8-11(10)14/h5-9,12H,4,15H2,1-3H3. The van der Waals surface area contributed by atoms with Gasteiger partial charge in [0.25, 0.3) is 0 Å². The molecule has 1 amide bonds. The molecule has 0 aliphatic heterocycles. The molecular formula is C13H19ClN2O. The second kappa shape index (κ2) is 6.03. The highest BCUT2D eigenvalue weighted by atomic mass is 35.5. The Hall–Kier alpha value is -1.06. The predicted molar refractivity (Wildman–Crippen MR) is 70.9 cm³/mol. The van der Waals surface area contributed by atoms with Crippen molar-refractivity contribution >= 4 is 17.5 Å². The number of hydrogen-bond donors (Lipinski definition) is 1. The van der Waals surface area contributed by atoms with Crippen LogP contribution in [-0.2, 0) is 4.79 Å². The first kappa shape index (κ1) is 14.0. The van der Waals surface area contributed by atoms with Crippen LogP contribution in [-0.4, -0.2) is 23.9 Å². The second-order valence-corrected chi connectivity index (χ2v) is 4.57. The number of carbonyl (C=O) groups is 1. The minimum Gasteiger partial charge on any atom is -0.338 e. The van der Waals surface area contributed by atoms with E-state index in [2.05, 4.69) is 0 Å². The zero-order valence-electron chi connectivity index (χ0n) is 10.5. The van der Waals surface area contributed by atoms with E-state index < -0.39 is 6.04 Å². The number of nitrogens with zero attached hydrogens (tertiary/aromatic N) is 1. The van der Waals surface area contributed by atoms with Gasteiger partial charge in [-0.1, -0.05) is 36.7 Å². The Morgan fingerprint density at radius 2 is 2.06 bits per heavy atom. The summed E-state index contributed by atoms with van der Waals surface area (Å²) in [7, 11) is 1.76. The largest absolute Gasteiger partial charge is 0.338 e. The first-order valence-corrected chi connectivity index (χ1v) is 6.13. The van der Waals surface area contributed by atoms with Crippen molar-refractivity contribution in [3.63, 3.8) is 0 Å². The highest BCUT2D eigenvalue weighted by Gasteiger charge is 2.22. The van der Waals surface area contributed by atoms with E-state index >= 15 is 0 Å². The van der Waals surface area contributed by atoms with Gasteiger partial charge in [-0.05, 0) is 25.0 Å². The molecule has 0 saturated heterocycles. The van der Waals surface area contributed by atoms with Gasteiger partial charge in [-0.2, -0.15) is 0 Å². The van der Waals surface area contributed by atoms with E-state index in [1.54, 1.807) is 11.9 Å². The number of amides is 1. The predicted octanol–water partition coefficient (Wildman–Crippen LogP) is 2.60. The van der Waals surface area contributed by atoms with Crippen LogP contribution in [0.2, 0.25) is 5.02 Å². The molecule has 1 rings (SSSR count). The average Bonchev–Trinajstić information content (AvgIpc) is 2.35. The Balaban J connectivity index is 2.87. The lowest BCUT2D eigenvalue weighted by molar-refractivity contribution is -0.133. The normalized spacial score (nSPS) is 14.2. The van der Waals surface area contributed by atoms with Crippen molar-refractivity contribution in [3.05, 3.63) is 34.9 Å². The van der Waals surface area contributed by atoms with Crippen molar-refractivity contribution in [2.24, 2.45) is 5.73 Å². The monoisotopic (exact) mass is 254 g/mol. The molecule has 0 radical (unpaired) electrons. The van der Waals surface area contributed by atoms with Gasteiger partial charge >= 0.3 is 0 Å². The van der Waals surface area contributed by atoms with Crippen molar-refractivity contribution in [3.8, 4) is 0 Å². The zero-order chi connectivity index (χ0) is 13.0. The molecule has 3 nitrogen and oxygen atoms in total. The van der Waals surface area contributed by atoms with E-state index in [0.717, 1.165) is 5.56 Å². The third-order valence-corrected chi connectivity index (χ3v) is 3.39. The molecule has 2 N–H and O–H groups in total. The van der Waals surface area contributed by atoms with Crippen LogP contribution >= 0.6 is 11.6 Å². The third-order valence-electron chi connectivity index (χ3n) is 3.04. The molecule has 94 valence electrons. The van der Waals surface area contributed by atoms with Crippen molar-refractivity contribution < 1.29 is 4.79 Å². The van der Waals surface area contributed by atoms with E-state index in [-0.39, 0.29) is 11.9 Å². The fourth-order valence-electron chi connectivity index (χ4n) is 1.65. The molecule has 0 spiro atoms. The molecule has 0 aliphatic rings. The molecule has 0 heterocycles. The maximum atomic E-state index is 12.0. The van der Waals surface area contributed by atoms with Crippen LogP contribution in [0.5, 0.6) is 0 Å². The lowest BCUT2D eigenvalue weighted by atomic mass is 10.1. The molecule has 0 aliphatic carbocycles. The number of hydrogen-bond acceptors (Lipinski definition) is 2. The lowest BCUT2D eigenvalue weighted by Gasteiger charge is -2.28. The van der Waals surface area contributed by atoms with Crippen LogP contribution in [0, 0.1) is 0 Å². The first-order chi connectivity index (χ1) is 7.99. The summed E-state index contributed by atoms with van der Waals surface area (Å²) in [5.74, 6) is -0.0556. The van der Waals surface area contributed by atoms with Gasteiger partial charge in [-0.15, -0.1) is 0 Å². The van der Waals surface area contributed by atoms with Crippen molar-refractivity contribution in [2.75, 3.05) is 7.05 Å². The van der Waals surface area contributed by atoms with Gasteiger partial charge in [-0.25, -0.2) is 0 Å². The van der Waals surface area contributed by atoms with Crippen LogP contribution in [0.4, 0.5) is 0 Å². The van der Waals surface area contributed by atoms with E-state index in [1.807, 2.05) is 38.1 Å². The summed E-state index contributed by atoms with van der Waals surface area (Å²) in [4.78, 5) is 13.6. The molecule has 0 saturated carbocycles. The molecule has 0 fully saturated rings. The molecule has 17 heavy (non-hydrogen) atoms. The molecule has 2 unspecified atom stereocenters. The molecule has 4 heteroatoms. The number of carbonyl (C=O) groups excluding carboxylic acids is 1. The zero-order valence-corrected chi connectivity index (χ0v) is 11.2. The van der Waals surface area contributed by atoms with Gasteiger partial charge in [0.1, 0.15) is 0 Å². The maximum Gasteiger partial charge on any atom is 0.239 e. The summed E-state index contributed by atoms with van der Waals surface area (Å²) in [6.07, 6.45) is 0.637. The Bertz CT molecular complexity index is 395. The van der Waals surface area contributed by atoms with Crippen LogP contribution in [0.15, 0.2) is 24.3 Å². The van der Waals surface area contributed by atoms with Gasteiger partial charge in [0.2, 0.25) is 5.91 Å². The SMILES string of the molecule is CCC(N)C(=O)N(C)C(C)c1ccccc1Cl. The number of likely N-dealkylation sites (N-methyl/N-ethyl adjacent to an activating group) is 1. The van der Waals surface area contributed by atoms with E-state index in [9.17, 15) is 4.79 Å². The summed E-state index contributed by atoms with van der Waals surface area (Å²) >= 11 is 6.11. The summed E-state index contributed by atoms with van der Waals surface area (Å²) in [5.41, 5.74) is 6.69. The lowest BCUT2D eigenvalue weighted by Crippen LogP contribution is -2.42. The maximum absolute atomic E-state index is 12.0. The summed E-state index contributed by atoms with van der Waals surface area (Å²) in [6, 6.07) is 7.02. The minimum absolute atomic E-state index is 0.0556.